The zero-order valence-corrected chi connectivity index (χ0v) is 16.3. The minimum absolute atomic E-state index is 0.0290. The lowest BCUT2D eigenvalue weighted by Gasteiger charge is -2.18. The van der Waals surface area contributed by atoms with Gasteiger partial charge in [0.05, 0.1) is 0 Å². The quantitative estimate of drug-likeness (QED) is 0.661. The summed E-state index contributed by atoms with van der Waals surface area (Å²) in [5, 5.41) is 15.2. The predicted octanol–water partition coefficient (Wildman–Crippen LogP) is 2.03. The van der Waals surface area contributed by atoms with Crippen molar-refractivity contribution in [2.75, 3.05) is 19.8 Å². The van der Waals surface area contributed by atoms with Crippen molar-refractivity contribution in [1.82, 2.24) is 25.5 Å². The first-order valence-electron chi connectivity index (χ1n) is 9.73. The fraction of sp³-hybridized carbons (Fsp3) is 0.333. The fourth-order valence-corrected chi connectivity index (χ4v) is 3.09. The highest BCUT2D eigenvalue weighted by Crippen LogP contribution is 2.30. The van der Waals surface area contributed by atoms with E-state index in [1.165, 1.54) is 10.4 Å². The Labute approximate surface area is 168 Å². The summed E-state index contributed by atoms with van der Waals surface area (Å²) in [5.41, 5.74) is 3.21. The molecule has 8 nitrogen and oxygen atoms in total. The zero-order chi connectivity index (χ0) is 20.1. The lowest BCUT2D eigenvalue weighted by Crippen LogP contribution is -2.30. The van der Waals surface area contributed by atoms with Crippen LogP contribution in [0.4, 0.5) is 0 Å². The number of aromatic nitrogens is 4. The van der Waals surface area contributed by atoms with Gasteiger partial charge in [-0.25, -0.2) is 0 Å². The number of hydrogen-bond donors (Lipinski definition) is 1. The number of rotatable bonds is 7. The second-order valence-corrected chi connectivity index (χ2v) is 6.77. The molecule has 1 aromatic heterocycles. The molecule has 0 atom stereocenters. The number of tetrazole rings is 1. The maximum Gasteiger partial charge on any atom is 0.243 e. The number of nitrogens with zero attached hydrogens (tertiary/aromatic N) is 4. The third-order valence-corrected chi connectivity index (χ3v) is 4.70. The minimum atomic E-state index is -0.159. The van der Waals surface area contributed by atoms with Crippen LogP contribution in [0.5, 0.6) is 11.5 Å². The lowest BCUT2D eigenvalue weighted by molar-refractivity contribution is -0.122. The van der Waals surface area contributed by atoms with Gasteiger partial charge in [0.15, 0.2) is 11.5 Å². The molecule has 29 heavy (non-hydrogen) atoms. The highest BCUT2D eigenvalue weighted by atomic mass is 16.6. The minimum Gasteiger partial charge on any atom is -0.486 e. The van der Waals surface area contributed by atoms with Crippen molar-refractivity contribution in [1.29, 1.82) is 0 Å². The molecule has 0 fully saturated rings. The molecule has 3 aromatic rings. The van der Waals surface area contributed by atoms with Crippen LogP contribution in [-0.2, 0) is 24.2 Å². The van der Waals surface area contributed by atoms with Gasteiger partial charge in [0.1, 0.15) is 19.8 Å². The van der Waals surface area contributed by atoms with E-state index in [-0.39, 0.29) is 12.5 Å². The fourth-order valence-electron chi connectivity index (χ4n) is 3.09. The average molecular weight is 393 g/mol. The van der Waals surface area contributed by atoms with Gasteiger partial charge in [0, 0.05) is 12.1 Å². The number of benzene rings is 2. The summed E-state index contributed by atoms with van der Waals surface area (Å²) in [7, 11) is 0. The Balaban J connectivity index is 1.27. The van der Waals surface area contributed by atoms with Crippen LogP contribution in [0.1, 0.15) is 18.1 Å². The first-order valence-corrected chi connectivity index (χ1v) is 9.73. The van der Waals surface area contributed by atoms with E-state index in [1.807, 2.05) is 42.5 Å². The van der Waals surface area contributed by atoms with E-state index < -0.39 is 0 Å². The van der Waals surface area contributed by atoms with Crippen LogP contribution in [-0.4, -0.2) is 45.9 Å². The molecule has 8 heteroatoms. The summed E-state index contributed by atoms with van der Waals surface area (Å²) in [6, 6.07) is 13.9. The molecular formula is C21H23N5O3. The molecule has 0 bridgehead atoms. The summed E-state index contributed by atoms with van der Waals surface area (Å²) >= 11 is 0. The second-order valence-electron chi connectivity index (χ2n) is 6.77. The largest absolute Gasteiger partial charge is 0.486 e. The van der Waals surface area contributed by atoms with E-state index in [2.05, 4.69) is 27.7 Å². The van der Waals surface area contributed by atoms with Crippen molar-refractivity contribution >= 4 is 5.91 Å². The van der Waals surface area contributed by atoms with E-state index in [1.54, 1.807) is 0 Å². The van der Waals surface area contributed by atoms with Gasteiger partial charge >= 0.3 is 0 Å². The number of carbonyl (C=O) groups excluding carboxylic acids is 1. The maximum atomic E-state index is 12.2. The topological polar surface area (TPSA) is 91.2 Å². The van der Waals surface area contributed by atoms with Crippen molar-refractivity contribution in [3.8, 4) is 22.9 Å². The highest BCUT2D eigenvalue weighted by molar-refractivity contribution is 5.75. The van der Waals surface area contributed by atoms with Crippen LogP contribution >= 0.6 is 0 Å². The van der Waals surface area contributed by atoms with E-state index in [0.29, 0.717) is 32.0 Å². The predicted molar refractivity (Wildman–Crippen MR) is 107 cm³/mol. The van der Waals surface area contributed by atoms with Gasteiger partial charge in [0.25, 0.3) is 0 Å². The molecule has 0 saturated carbocycles. The van der Waals surface area contributed by atoms with Crippen LogP contribution in [0.25, 0.3) is 11.4 Å². The lowest BCUT2D eigenvalue weighted by atomic mass is 10.1. The molecule has 0 aliphatic carbocycles. The van der Waals surface area contributed by atoms with Crippen molar-refractivity contribution in [3.05, 3.63) is 53.6 Å². The van der Waals surface area contributed by atoms with Crippen molar-refractivity contribution in [3.63, 3.8) is 0 Å². The number of carbonyl (C=O) groups is 1. The number of amides is 1. The number of aryl methyl sites for hydroxylation is 1. The molecular weight excluding hydrogens is 370 g/mol. The van der Waals surface area contributed by atoms with Gasteiger partial charge in [-0.15, -0.1) is 10.2 Å². The van der Waals surface area contributed by atoms with Crippen LogP contribution < -0.4 is 14.8 Å². The Morgan fingerprint density at radius 3 is 2.62 bits per heavy atom. The monoisotopic (exact) mass is 393 g/mol. The molecule has 4 rings (SSSR count). The van der Waals surface area contributed by atoms with E-state index in [4.69, 9.17) is 9.47 Å². The third-order valence-electron chi connectivity index (χ3n) is 4.70. The van der Waals surface area contributed by atoms with Gasteiger partial charge in [-0.1, -0.05) is 37.3 Å². The van der Waals surface area contributed by atoms with Crippen LogP contribution in [0, 0.1) is 0 Å². The van der Waals surface area contributed by atoms with Gasteiger partial charge in [-0.2, -0.15) is 4.80 Å². The molecule has 0 radical (unpaired) electrons. The van der Waals surface area contributed by atoms with Crippen LogP contribution in [0.15, 0.2) is 42.5 Å². The maximum absolute atomic E-state index is 12.2. The van der Waals surface area contributed by atoms with E-state index >= 15 is 0 Å². The first-order chi connectivity index (χ1) is 14.2. The van der Waals surface area contributed by atoms with Crippen LogP contribution in [0.2, 0.25) is 0 Å². The average Bonchev–Trinajstić information content (AvgIpc) is 3.22. The summed E-state index contributed by atoms with van der Waals surface area (Å²) in [6.07, 6.45) is 1.68. The Kier molecular flexibility index (Phi) is 5.69. The summed E-state index contributed by atoms with van der Waals surface area (Å²) in [4.78, 5) is 13.5. The second kappa shape index (κ2) is 8.72. The highest BCUT2D eigenvalue weighted by Gasteiger charge is 2.12. The summed E-state index contributed by atoms with van der Waals surface area (Å²) < 4.78 is 11.1. The van der Waals surface area contributed by atoms with E-state index in [0.717, 1.165) is 29.0 Å². The van der Waals surface area contributed by atoms with Crippen molar-refractivity contribution in [2.24, 2.45) is 0 Å². The molecule has 150 valence electrons. The van der Waals surface area contributed by atoms with Gasteiger partial charge < -0.3 is 14.8 Å². The number of nitrogens with one attached hydrogen (secondary N) is 1. The Hall–Kier alpha value is -3.42. The normalized spacial score (nSPS) is 12.6. The van der Waals surface area contributed by atoms with Gasteiger partial charge in [0.2, 0.25) is 11.7 Å². The number of fused-ring (bicyclic) bond motifs is 1. The Bertz CT molecular complexity index is 984. The molecule has 1 aliphatic rings. The molecule has 1 aliphatic heterocycles. The number of ether oxygens (including phenoxy) is 2. The number of hydrogen-bond acceptors (Lipinski definition) is 6. The van der Waals surface area contributed by atoms with Gasteiger partial charge in [-0.3, -0.25) is 4.79 Å². The summed E-state index contributed by atoms with van der Waals surface area (Å²) in [6.45, 7) is 3.78. The van der Waals surface area contributed by atoms with Gasteiger partial charge in [-0.05, 0) is 41.3 Å². The molecule has 1 N–H and O–H groups in total. The molecule has 2 heterocycles. The van der Waals surface area contributed by atoms with Crippen LogP contribution in [0.3, 0.4) is 0 Å². The summed E-state index contributed by atoms with van der Waals surface area (Å²) in [5.74, 6) is 1.87. The molecule has 0 spiro atoms. The Morgan fingerprint density at radius 1 is 1.07 bits per heavy atom. The van der Waals surface area contributed by atoms with Crippen molar-refractivity contribution < 1.29 is 14.3 Å². The molecule has 0 saturated heterocycles. The Morgan fingerprint density at radius 2 is 1.83 bits per heavy atom. The third kappa shape index (κ3) is 4.71. The zero-order valence-electron chi connectivity index (χ0n) is 16.3. The van der Waals surface area contributed by atoms with Crippen molar-refractivity contribution in [2.45, 2.75) is 26.3 Å². The molecule has 2 aromatic carbocycles. The molecule has 0 unspecified atom stereocenters. The smallest absolute Gasteiger partial charge is 0.243 e. The standard InChI is InChI=1S/C21H23N5O3/c1-2-15-3-6-17(7-4-15)21-23-25-26(24-21)14-20(27)22-10-9-16-5-8-18-19(13-16)29-12-11-28-18/h3-8,13H,2,9-12,14H2,1H3,(H,22,27). The van der Waals surface area contributed by atoms with E-state index in [9.17, 15) is 4.79 Å². The SMILES string of the molecule is CCc1ccc(-c2nnn(CC(=O)NCCc3ccc4c(c3)OCCO4)n2)cc1. The first kappa shape index (κ1) is 18.9. The molecule has 1 amide bonds.